The minimum atomic E-state index is -1.50. The lowest BCUT2D eigenvalue weighted by molar-refractivity contribution is -0.152. The topological polar surface area (TPSA) is 102 Å². The van der Waals surface area contributed by atoms with Gasteiger partial charge in [-0.05, 0) is 72.0 Å². The minimum Gasteiger partial charge on any atom is -0.454 e. The number of fused-ring (bicyclic) bond motifs is 2. The van der Waals surface area contributed by atoms with E-state index >= 15 is 0 Å². The second kappa shape index (κ2) is 11.3. The Morgan fingerprint density at radius 3 is 2.51 bits per heavy atom. The van der Waals surface area contributed by atoms with Crippen molar-refractivity contribution < 1.29 is 23.9 Å². The zero-order valence-corrected chi connectivity index (χ0v) is 24.7. The molecule has 3 atom stereocenters. The molecule has 4 aromatic rings. The molecule has 220 valence electrons. The van der Waals surface area contributed by atoms with Crippen LogP contribution in [0.5, 0.6) is 11.5 Å². The summed E-state index contributed by atoms with van der Waals surface area (Å²) >= 11 is 6.41. The molecule has 1 unspecified atom stereocenters. The zero-order valence-electron chi connectivity index (χ0n) is 24.0. The summed E-state index contributed by atoms with van der Waals surface area (Å²) in [7, 11) is 0. The number of nitrogens with two attached hydrogens (primary N) is 1. The normalized spacial score (nSPS) is 19.7. The van der Waals surface area contributed by atoms with Crippen LogP contribution in [-0.4, -0.2) is 46.9 Å². The predicted octanol–water partition coefficient (Wildman–Crippen LogP) is 5.36. The van der Waals surface area contributed by atoms with Crippen molar-refractivity contribution in [3.8, 4) is 11.5 Å². The first-order chi connectivity index (χ1) is 20.7. The lowest BCUT2D eigenvalue weighted by Gasteiger charge is -2.41. The summed E-state index contributed by atoms with van der Waals surface area (Å²) < 4.78 is 10.9. The number of rotatable bonds is 6. The fourth-order valence-corrected chi connectivity index (χ4v) is 6.48. The van der Waals surface area contributed by atoms with Crippen molar-refractivity contribution in [3.63, 3.8) is 0 Å². The summed E-state index contributed by atoms with van der Waals surface area (Å²) in [5.41, 5.74) is 6.59. The molecule has 0 aromatic heterocycles. The molecule has 8 nitrogen and oxygen atoms in total. The molecule has 2 aliphatic rings. The number of ether oxygens (including phenoxy) is 2. The molecule has 9 heteroatoms. The van der Waals surface area contributed by atoms with Crippen LogP contribution in [0.25, 0.3) is 10.8 Å². The highest BCUT2D eigenvalue weighted by Crippen LogP contribution is 2.40. The van der Waals surface area contributed by atoms with Gasteiger partial charge in [-0.2, -0.15) is 0 Å². The molecule has 4 aromatic carbocycles. The Kier molecular flexibility index (Phi) is 7.48. The van der Waals surface area contributed by atoms with Gasteiger partial charge in [0.15, 0.2) is 11.5 Å². The number of halogens is 1. The molecule has 0 bridgehead atoms. The fourth-order valence-electron chi connectivity index (χ4n) is 6.28. The largest absolute Gasteiger partial charge is 0.454 e. The van der Waals surface area contributed by atoms with Gasteiger partial charge in [0, 0.05) is 17.6 Å². The van der Waals surface area contributed by atoms with E-state index in [-0.39, 0.29) is 31.7 Å². The molecule has 2 heterocycles. The summed E-state index contributed by atoms with van der Waals surface area (Å²) in [6.07, 6.45) is 0.477. The van der Waals surface area contributed by atoms with E-state index in [1.54, 1.807) is 53.1 Å². The van der Waals surface area contributed by atoms with Gasteiger partial charge in [-0.3, -0.25) is 14.4 Å². The lowest BCUT2D eigenvalue weighted by Crippen LogP contribution is -2.57. The molecular formula is C34H32ClN3O5. The Labute approximate surface area is 254 Å². The Morgan fingerprint density at radius 1 is 0.977 bits per heavy atom. The monoisotopic (exact) mass is 597 g/mol. The molecule has 0 radical (unpaired) electrons. The van der Waals surface area contributed by atoms with Crippen LogP contribution in [0.4, 0.5) is 0 Å². The van der Waals surface area contributed by atoms with Gasteiger partial charge >= 0.3 is 0 Å². The van der Waals surface area contributed by atoms with E-state index in [0.717, 1.165) is 16.3 Å². The molecular weight excluding hydrogens is 566 g/mol. The second-order valence-corrected chi connectivity index (χ2v) is 11.7. The molecule has 6 rings (SSSR count). The van der Waals surface area contributed by atoms with Crippen molar-refractivity contribution in [1.29, 1.82) is 0 Å². The highest BCUT2D eigenvalue weighted by molar-refractivity contribution is 6.30. The number of hydrogen-bond acceptors (Lipinski definition) is 5. The van der Waals surface area contributed by atoms with Crippen molar-refractivity contribution in [3.05, 3.63) is 107 Å². The van der Waals surface area contributed by atoms with Crippen molar-refractivity contribution in [2.24, 2.45) is 5.73 Å². The molecule has 1 fully saturated rings. The maximum atomic E-state index is 14.8. The molecule has 2 N–H and O–H groups in total. The first-order valence-corrected chi connectivity index (χ1v) is 14.6. The van der Waals surface area contributed by atoms with Gasteiger partial charge in [-0.25, -0.2) is 0 Å². The van der Waals surface area contributed by atoms with Crippen LogP contribution >= 0.6 is 11.6 Å². The predicted molar refractivity (Wildman–Crippen MR) is 164 cm³/mol. The molecule has 2 aliphatic heterocycles. The SMILES string of the molecule is C[C@@H]1CCN(C(C)(C(N)=O)c2cccc3ccccc23)C(=O)[C@H](c2cccc(Cl)c2)N1C(=O)Cc1ccc2c(c1)OCO2. The standard InChI is InChI=1S/C34H32ClN3O5/c1-21-15-16-37(34(2,33(36)41)27-12-6-8-23-7-3-4-11-26(23)27)32(40)31(24-9-5-10-25(35)19-24)38(21)30(39)18-22-13-14-28-29(17-22)43-20-42-28/h3-14,17,19,21,31H,15-16,18,20H2,1-2H3,(H2,36,41)/t21-,31+,34?/m1/s1. The average molecular weight is 598 g/mol. The number of carbonyl (C=O) groups is 3. The minimum absolute atomic E-state index is 0.0434. The fraction of sp³-hybridized carbons (Fsp3) is 0.265. The van der Waals surface area contributed by atoms with Gasteiger partial charge in [0.05, 0.1) is 6.42 Å². The van der Waals surface area contributed by atoms with Gasteiger partial charge in [0.1, 0.15) is 11.6 Å². The third-order valence-electron chi connectivity index (χ3n) is 8.60. The Hall–Kier alpha value is -4.56. The summed E-state index contributed by atoms with van der Waals surface area (Å²) in [5.74, 6) is -0.0940. The number of primary amides is 1. The number of benzene rings is 4. The Balaban J connectivity index is 1.45. The Bertz CT molecular complexity index is 1740. The van der Waals surface area contributed by atoms with Gasteiger partial charge in [0.25, 0.3) is 5.91 Å². The third kappa shape index (κ3) is 5.06. The maximum absolute atomic E-state index is 14.8. The quantitative estimate of drug-likeness (QED) is 0.323. The van der Waals surface area contributed by atoms with E-state index in [0.29, 0.717) is 34.1 Å². The summed E-state index contributed by atoms with van der Waals surface area (Å²) in [5, 5.41) is 2.19. The molecule has 1 saturated heterocycles. The number of hydrogen-bond donors (Lipinski definition) is 1. The van der Waals surface area contributed by atoms with Crippen LogP contribution in [0.3, 0.4) is 0 Å². The van der Waals surface area contributed by atoms with Crippen LogP contribution in [0.2, 0.25) is 5.02 Å². The van der Waals surface area contributed by atoms with Gasteiger partial charge < -0.3 is 25.0 Å². The van der Waals surface area contributed by atoms with E-state index in [4.69, 9.17) is 26.8 Å². The van der Waals surface area contributed by atoms with Crippen molar-refractivity contribution in [2.75, 3.05) is 13.3 Å². The maximum Gasteiger partial charge on any atom is 0.251 e. The van der Waals surface area contributed by atoms with E-state index in [1.807, 2.05) is 55.5 Å². The van der Waals surface area contributed by atoms with Crippen molar-refractivity contribution in [2.45, 2.75) is 44.3 Å². The van der Waals surface area contributed by atoms with E-state index in [2.05, 4.69) is 0 Å². The van der Waals surface area contributed by atoms with E-state index in [1.165, 1.54) is 0 Å². The van der Waals surface area contributed by atoms with Crippen LogP contribution in [0.15, 0.2) is 84.9 Å². The van der Waals surface area contributed by atoms with Crippen LogP contribution in [0.1, 0.15) is 43.0 Å². The average Bonchev–Trinajstić information content (AvgIpc) is 3.41. The number of carbonyl (C=O) groups excluding carboxylic acids is 3. The lowest BCUT2D eigenvalue weighted by atomic mass is 9.84. The molecule has 0 saturated carbocycles. The Morgan fingerprint density at radius 2 is 1.72 bits per heavy atom. The van der Waals surface area contributed by atoms with Gasteiger partial charge in [0.2, 0.25) is 18.6 Å². The zero-order chi connectivity index (χ0) is 30.3. The van der Waals surface area contributed by atoms with Crippen molar-refractivity contribution >= 4 is 40.1 Å². The third-order valence-corrected chi connectivity index (χ3v) is 8.84. The molecule has 0 aliphatic carbocycles. The first-order valence-electron chi connectivity index (χ1n) is 14.2. The van der Waals surface area contributed by atoms with Gasteiger partial charge in [-0.1, -0.05) is 72.3 Å². The first kappa shape index (κ1) is 28.6. The van der Waals surface area contributed by atoms with Gasteiger partial charge in [-0.15, -0.1) is 0 Å². The van der Waals surface area contributed by atoms with Crippen LogP contribution in [0, 0.1) is 0 Å². The van der Waals surface area contributed by atoms with E-state index < -0.39 is 23.4 Å². The van der Waals surface area contributed by atoms with Crippen molar-refractivity contribution in [1.82, 2.24) is 9.80 Å². The molecule has 0 spiro atoms. The van der Waals surface area contributed by atoms with E-state index in [9.17, 15) is 14.4 Å². The molecule has 43 heavy (non-hydrogen) atoms. The molecule has 3 amide bonds. The second-order valence-electron chi connectivity index (χ2n) is 11.2. The number of amides is 3. The highest BCUT2D eigenvalue weighted by Gasteiger charge is 2.49. The number of nitrogens with zero attached hydrogens (tertiary/aromatic N) is 2. The summed E-state index contributed by atoms with van der Waals surface area (Å²) in [6, 6.07) is 24.3. The highest BCUT2D eigenvalue weighted by atomic mass is 35.5. The summed E-state index contributed by atoms with van der Waals surface area (Å²) in [6.45, 7) is 3.96. The smallest absolute Gasteiger partial charge is 0.251 e. The summed E-state index contributed by atoms with van der Waals surface area (Å²) in [4.78, 5) is 45.6. The van der Waals surface area contributed by atoms with Crippen LogP contribution in [-0.2, 0) is 26.3 Å². The van der Waals surface area contributed by atoms with Crippen LogP contribution < -0.4 is 15.2 Å².